The number of carbonyl (C=O) groups is 1. The number of rotatable bonds is 5. The van der Waals surface area contributed by atoms with Crippen molar-refractivity contribution in [3.8, 4) is 0 Å². The average molecular weight is 268 g/mol. The van der Waals surface area contributed by atoms with Crippen LogP contribution in [0.1, 0.15) is 17.7 Å². The SMILES string of the molecule is NC(=NC1CC1)Nc1ccc(CC(N)C(=O)O)s1. The van der Waals surface area contributed by atoms with Crippen molar-refractivity contribution in [1.29, 1.82) is 0 Å². The third kappa shape index (κ3) is 3.71. The van der Waals surface area contributed by atoms with Crippen molar-refractivity contribution in [2.24, 2.45) is 16.5 Å². The van der Waals surface area contributed by atoms with Gasteiger partial charge in [-0.05, 0) is 25.0 Å². The molecule has 1 aliphatic rings. The molecule has 0 saturated heterocycles. The summed E-state index contributed by atoms with van der Waals surface area (Å²) in [6.45, 7) is 0. The lowest BCUT2D eigenvalue weighted by Gasteiger charge is -2.03. The highest BCUT2D eigenvalue weighted by Gasteiger charge is 2.20. The molecule has 98 valence electrons. The van der Waals surface area contributed by atoms with Crippen molar-refractivity contribution in [2.75, 3.05) is 5.32 Å². The van der Waals surface area contributed by atoms with Gasteiger partial charge >= 0.3 is 5.97 Å². The van der Waals surface area contributed by atoms with Gasteiger partial charge in [0.15, 0.2) is 5.96 Å². The summed E-state index contributed by atoms with van der Waals surface area (Å²) in [6, 6.07) is 3.20. The Labute approximate surface area is 109 Å². The molecule has 1 atom stereocenters. The number of thiophene rings is 1. The van der Waals surface area contributed by atoms with Crippen molar-refractivity contribution in [2.45, 2.75) is 31.3 Å². The minimum atomic E-state index is -0.993. The predicted molar refractivity (Wildman–Crippen MR) is 71.9 cm³/mol. The van der Waals surface area contributed by atoms with Crippen LogP contribution in [-0.4, -0.2) is 29.1 Å². The highest BCUT2D eigenvalue weighted by atomic mass is 32.1. The molecule has 18 heavy (non-hydrogen) atoms. The first-order valence-electron chi connectivity index (χ1n) is 5.72. The number of aliphatic imine (C=N–C) groups is 1. The maximum absolute atomic E-state index is 10.6. The average Bonchev–Trinajstić information content (AvgIpc) is 2.99. The number of nitrogens with one attached hydrogen (secondary N) is 1. The third-order valence-corrected chi connectivity index (χ3v) is 3.54. The number of guanidine groups is 1. The van der Waals surface area contributed by atoms with Crippen molar-refractivity contribution >= 4 is 28.3 Å². The molecule has 0 amide bonds. The van der Waals surface area contributed by atoms with Gasteiger partial charge in [0, 0.05) is 11.3 Å². The zero-order chi connectivity index (χ0) is 13.1. The van der Waals surface area contributed by atoms with Crippen LogP contribution in [0.4, 0.5) is 5.00 Å². The van der Waals surface area contributed by atoms with Crippen molar-refractivity contribution in [1.82, 2.24) is 0 Å². The second-order valence-corrected chi connectivity index (χ2v) is 5.45. The number of hydrogen-bond acceptors (Lipinski definition) is 4. The molecule has 1 aromatic rings. The number of aliphatic carboxylic acids is 1. The van der Waals surface area contributed by atoms with Crippen LogP contribution in [0.5, 0.6) is 0 Å². The van der Waals surface area contributed by atoms with Gasteiger partial charge in [-0.1, -0.05) is 0 Å². The van der Waals surface area contributed by atoms with Crippen LogP contribution in [-0.2, 0) is 11.2 Å². The van der Waals surface area contributed by atoms with Crippen LogP contribution in [0, 0.1) is 0 Å². The van der Waals surface area contributed by atoms with E-state index in [9.17, 15) is 4.79 Å². The molecular weight excluding hydrogens is 252 g/mol. The normalized spacial score (nSPS) is 17.5. The van der Waals surface area contributed by atoms with E-state index in [-0.39, 0.29) is 0 Å². The summed E-state index contributed by atoms with van der Waals surface area (Å²) < 4.78 is 0. The minimum Gasteiger partial charge on any atom is -0.480 e. The first-order chi connectivity index (χ1) is 8.54. The van der Waals surface area contributed by atoms with Crippen LogP contribution >= 0.6 is 11.3 Å². The minimum absolute atomic E-state index is 0.321. The zero-order valence-corrected chi connectivity index (χ0v) is 10.6. The molecule has 6 nitrogen and oxygen atoms in total. The molecule has 0 aromatic carbocycles. The summed E-state index contributed by atoms with van der Waals surface area (Å²) in [5.74, 6) is -0.582. The molecule has 7 heteroatoms. The van der Waals surface area contributed by atoms with Gasteiger partial charge in [-0.3, -0.25) is 4.79 Å². The Hall–Kier alpha value is -1.60. The number of anilines is 1. The summed E-state index contributed by atoms with van der Waals surface area (Å²) in [4.78, 5) is 15.8. The quantitative estimate of drug-likeness (QED) is 0.461. The maximum Gasteiger partial charge on any atom is 0.320 e. The molecule has 0 radical (unpaired) electrons. The van der Waals surface area contributed by atoms with Crippen LogP contribution < -0.4 is 16.8 Å². The van der Waals surface area contributed by atoms with Gasteiger partial charge in [0.1, 0.15) is 6.04 Å². The van der Waals surface area contributed by atoms with E-state index < -0.39 is 12.0 Å². The highest BCUT2D eigenvalue weighted by Crippen LogP contribution is 2.25. The molecule has 0 bridgehead atoms. The molecule has 1 aromatic heterocycles. The Bertz CT molecular complexity index is 467. The first-order valence-corrected chi connectivity index (χ1v) is 6.53. The van der Waals surface area contributed by atoms with E-state index in [4.69, 9.17) is 16.6 Å². The van der Waals surface area contributed by atoms with E-state index in [1.807, 2.05) is 12.1 Å². The van der Waals surface area contributed by atoms with Gasteiger partial charge in [-0.2, -0.15) is 0 Å². The van der Waals surface area contributed by atoms with E-state index in [2.05, 4.69) is 10.3 Å². The summed E-state index contributed by atoms with van der Waals surface area (Å²) >= 11 is 1.44. The van der Waals surface area contributed by atoms with E-state index >= 15 is 0 Å². The smallest absolute Gasteiger partial charge is 0.320 e. The van der Waals surface area contributed by atoms with Crippen molar-refractivity contribution in [3.63, 3.8) is 0 Å². The lowest BCUT2D eigenvalue weighted by Crippen LogP contribution is -2.31. The fourth-order valence-corrected chi connectivity index (χ4v) is 2.39. The molecule has 1 unspecified atom stereocenters. The summed E-state index contributed by atoms with van der Waals surface area (Å²) in [7, 11) is 0. The summed E-state index contributed by atoms with van der Waals surface area (Å²) in [5, 5.41) is 12.6. The van der Waals surface area contributed by atoms with Gasteiger partial charge in [0.25, 0.3) is 0 Å². The van der Waals surface area contributed by atoms with E-state index in [0.717, 1.165) is 22.7 Å². The Kier molecular flexibility index (Phi) is 3.83. The molecule has 0 aliphatic heterocycles. The Morgan fingerprint density at radius 3 is 2.94 bits per heavy atom. The molecule has 1 heterocycles. The molecule has 1 saturated carbocycles. The van der Waals surface area contributed by atoms with E-state index in [1.165, 1.54) is 11.3 Å². The van der Waals surface area contributed by atoms with E-state index in [0.29, 0.717) is 18.4 Å². The molecular formula is C11H16N4O2S. The maximum atomic E-state index is 10.6. The van der Waals surface area contributed by atoms with Crippen LogP contribution in [0.2, 0.25) is 0 Å². The number of carboxylic acids is 1. The standard InChI is InChI=1S/C11H16N4O2S/c12-8(10(16)17)5-7-3-4-9(18-7)15-11(13)14-6-1-2-6/h3-4,6,8H,1-2,5,12H2,(H,16,17)(H3,13,14,15). The lowest BCUT2D eigenvalue weighted by molar-refractivity contribution is -0.138. The molecule has 6 N–H and O–H groups in total. The summed E-state index contributed by atoms with van der Waals surface area (Å²) in [6.07, 6.45) is 2.53. The largest absolute Gasteiger partial charge is 0.480 e. The van der Waals surface area contributed by atoms with Gasteiger partial charge in [0.2, 0.25) is 0 Å². The molecule has 2 rings (SSSR count). The predicted octanol–water partition coefficient (Wildman–Crippen LogP) is 0.591. The number of nitrogens with two attached hydrogens (primary N) is 2. The van der Waals surface area contributed by atoms with E-state index in [1.54, 1.807) is 0 Å². The monoisotopic (exact) mass is 268 g/mol. The van der Waals surface area contributed by atoms with Crippen molar-refractivity contribution < 1.29 is 9.90 Å². The Morgan fingerprint density at radius 1 is 1.61 bits per heavy atom. The highest BCUT2D eigenvalue weighted by molar-refractivity contribution is 7.16. The molecule has 0 spiro atoms. The molecule has 1 fully saturated rings. The fourth-order valence-electron chi connectivity index (χ4n) is 1.42. The van der Waals surface area contributed by atoms with Crippen LogP contribution in [0.3, 0.4) is 0 Å². The lowest BCUT2D eigenvalue weighted by atomic mass is 10.2. The number of carboxylic acid groups (broad SMARTS) is 1. The van der Waals surface area contributed by atoms with Gasteiger partial charge in [-0.25, -0.2) is 4.99 Å². The van der Waals surface area contributed by atoms with Crippen molar-refractivity contribution in [3.05, 3.63) is 17.0 Å². The number of nitrogens with zero attached hydrogens (tertiary/aromatic N) is 1. The van der Waals surface area contributed by atoms with Gasteiger partial charge < -0.3 is 21.9 Å². The second-order valence-electron chi connectivity index (χ2n) is 4.29. The Morgan fingerprint density at radius 2 is 2.33 bits per heavy atom. The van der Waals surface area contributed by atoms with Gasteiger partial charge in [0.05, 0.1) is 11.0 Å². The summed E-state index contributed by atoms with van der Waals surface area (Å²) in [5.41, 5.74) is 11.2. The first kappa shape index (κ1) is 12.8. The second kappa shape index (κ2) is 5.36. The topological polar surface area (TPSA) is 114 Å². The van der Waals surface area contributed by atoms with Crippen LogP contribution in [0.25, 0.3) is 0 Å². The van der Waals surface area contributed by atoms with Crippen LogP contribution in [0.15, 0.2) is 17.1 Å². The number of hydrogen-bond donors (Lipinski definition) is 4. The third-order valence-electron chi connectivity index (χ3n) is 2.52. The fraction of sp³-hybridized carbons (Fsp3) is 0.455. The van der Waals surface area contributed by atoms with Gasteiger partial charge in [-0.15, -0.1) is 11.3 Å². The molecule has 1 aliphatic carbocycles. The zero-order valence-electron chi connectivity index (χ0n) is 9.80. The Balaban J connectivity index is 1.91.